The number of rotatable bonds is 11. The molecule has 13 heteroatoms. The van der Waals surface area contributed by atoms with Crippen LogP contribution in [0.2, 0.25) is 5.02 Å². The highest BCUT2D eigenvalue weighted by molar-refractivity contribution is 6.30. The van der Waals surface area contributed by atoms with Crippen molar-refractivity contribution in [1.82, 2.24) is 5.32 Å². The molecule has 0 bridgehead atoms. The highest BCUT2D eigenvalue weighted by Gasteiger charge is 2.13. The Labute approximate surface area is 233 Å². The molecule has 0 aromatic heterocycles. The van der Waals surface area contributed by atoms with Crippen molar-refractivity contribution in [2.45, 2.75) is 18.8 Å². The lowest BCUT2D eigenvalue weighted by molar-refractivity contribution is -0.138. The van der Waals surface area contributed by atoms with Crippen molar-refractivity contribution in [1.29, 1.82) is 0 Å². The Kier molecular flexibility index (Phi) is 12.2. The molecule has 3 aromatic rings. The van der Waals surface area contributed by atoms with Crippen LogP contribution in [0, 0.1) is 0 Å². The Morgan fingerprint density at radius 3 is 2.00 bits per heavy atom. The van der Waals surface area contributed by atoms with Crippen LogP contribution >= 0.6 is 11.6 Å². The molecular weight excluding hydrogens is 544 g/mol. The molecule has 12 nitrogen and oxygen atoms in total. The van der Waals surface area contributed by atoms with Gasteiger partial charge in [-0.25, -0.2) is 4.79 Å². The van der Waals surface area contributed by atoms with Crippen LogP contribution < -0.4 is 11.1 Å². The Bertz CT molecular complexity index is 1360. The highest BCUT2D eigenvalue weighted by atomic mass is 35.5. The predicted molar refractivity (Wildman–Crippen MR) is 146 cm³/mol. The Morgan fingerprint density at radius 2 is 1.45 bits per heavy atom. The zero-order valence-corrected chi connectivity index (χ0v) is 21.8. The minimum atomic E-state index is -1.28. The number of phenols is 1. The second-order valence-electron chi connectivity index (χ2n) is 8.24. The van der Waals surface area contributed by atoms with Crippen LogP contribution in [0.3, 0.4) is 0 Å². The number of nitrogens with zero attached hydrogens (tertiary/aromatic N) is 2. The number of benzene rings is 3. The summed E-state index contributed by atoms with van der Waals surface area (Å²) in [6.07, 6.45) is -0.110. The molecule has 0 heterocycles. The van der Waals surface area contributed by atoms with Crippen molar-refractivity contribution in [3.63, 3.8) is 0 Å². The van der Waals surface area contributed by atoms with Crippen molar-refractivity contribution in [3.8, 4) is 5.75 Å². The molecular formula is C27H27ClN4O8. The van der Waals surface area contributed by atoms with Crippen molar-refractivity contribution >= 4 is 46.8 Å². The number of carbonyl (C=O) groups excluding carboxylic acids is 1. The van der Waals surface area contributed by atoms with E-state index in [0.717, 1.165) is 5.56 Å². The lowest BCUT2D eigenvalue weighted by atomic mass is 9.96. The number of carboxylic acids is 3. The van der Waals surface area contributed by atoms with Crippen LogP contribution in [-0.2, 0) is 9.59 Å². The first-order valence-electron chi connectivity index (χ1n) is 11.8. The summed E-state index contributed by atoms with van der Waals surface area (Å²) in [5.74, 6) is -4.02. The number of carbonyl (C=O) groups is 4. The van der Waals surface area contributed by atoms with Crippen molar-refractivity contribution in [2.75, 3.05) is 13.1 Å². The summed E-state index contributed by atoms with van der Waals surface area (Å²) in [5.41, 5.74) is 7.14. The van der Waals surface area contributed by atoms with E-state index in [2.05, 4.69) is 15.5 Å². The minimum absolute atomic E-state index is 0.0301. The van der Waals surface area contributed by atoms with E-state index in [1.807, 2.05) is 12.1 Å². The summed E-state index contributed by atoms with van der Waals surface area (Å²) in [6, 6.07) is 17.0. The second-order valence-corrected chi connectivity index (χ2v) is 8.67. The van der Waals surface area contributed by atoms with E-state index < -0.39 is 23.8 Å². The number of halogens is 1. The Balaban J connectivity index is 0.000000337. The molecule has 1 unspecified atom stereocenters. The fourth-order valence-electron chi connectivity index (χ4n) is 3.22. The zero-order valence-electron chi connectivity index (χ0n) is 21.0. The minimum Gasteiger partial charge on any atom is -0.507 e. The van der Waals surface area contributed by atoms with Gasteiger partial charge in [0.05, 0.1) is 24.2 Å². The molecule has 7 N–H and O–H groups in total. The lowest BCUT2D eigenvalue weighted by Crippen LogP contribution is -2.25. The first-order valence-corrected chi connectivity index (χ1v) is 12.1. The second kappa shape index (κ2) is 15.6. The Hall–Kier alpha value is -4.81. The van der Waals surface area contributed by atoms with Crippen LogP contribution in [0.1, 0.15) is 45.0 Å². The highest BCUT2D eigenvalue weighted by Crippen LogP contribution is 2.25. The van der Waals surface area contributed by atoms with Crippen molar-refractivity contribution in [3.05, 3.63) is 88.4 Å². The lowest BCUT2D eigenvalue weighted by Gasteiger charge is -2.12. The fourth-order valence-corrected chi connectivity index (χ4v) is 3.35. The van der Waals surface area contributed by atoms with Crippen LogP contribution in [0.25, 0.3) is 0 Å². The number of aliphatic carboxylic acids is 2. The molecule has 210 valence electrons. The quantitative estimate of drug-likeness (QED) is 0.178. The number of nitrogens with two attached hydrogens (primary N) is 1. The first-order chi connectivity index (χ1) is 19.0. The third-order valence-electron chi connectivity index (χ3n) is 5.29. The summed E-state index contributed by atoms with van der Waals surface area (Å²) in [6.45, 7) is 0.357. The number of nitrogens with one attached hydrogen (secondary N) is 1. The van der Waals surface area contributed by atoms with E-state index in [0.29, 0.717) is 22.8 Å². The number of carboxylic acid groups (broad SMARTS) is 3. The third kappa shape index (κ3) is 10.5. The predicted octanol–water partition coefficient (Wildman–Crippen LogP) is 4.57. The smallest absolute Gasteiger partial charge is 0.339 e. The summed E-state index contributed by atoms with van der Waals surface area (Å²) >= 11 is 5.72. The number of aromatic hydroxyl groups is 1. The van der Waals surface area contributed by atoms with Gasteiger partial charge in [-0.3, -0.25) is 14.4 Å². The van der Waals surface area contributed by atoms with Crippen molar-refractivity contribution < 1.29 is 39.6 Å². The number of aromatic carboxylic acids is 1. The standard InChI is InChI=1S/C17H15N3O6.C10H12ClNO2/c21-14-6-5-12(9-13(14)17(25)26)20-19-11-3-1-10(2-4-11)16(24)18-8-7-15(22)23;11-9-3-1-7(2-4-9)8(6-12)5-10(13)14/h1-6,9,21H,7-8H2,(H,18,24)(H,22,23)(H,25,26);1-4,8H,5-6,12H2,(H,13,14)/b20-19+;. The first kappa shape index (κ1) is 31.4. The average Bonchev–Trinajstić information content (AvgIpc) is 2.92. The van der Waals surface area contributed by atoms with Crippen LogP contribution in [-0.4, -0.2) is 57.3 Å². The van der Waals surface area contributed by atoms with Gasteiger partial charge in [-0.1, -0.05) is 23.7 Å². The maximum absolute atomic E-state index is 11.8. The van der Waals surface area contributed by atoms with Gasteiger partial charge in [0, 0.05) is 23.0 Å². The van der Waals surface area contributed by atoms with E-state index in [-0.39, 0.29) is 42.3 Å². The van der Waals surface area contributed by atoms with E-state index >= 15 is 0 Å². The average molecular weight is 571 g/mol. The van der Waals surface area contributed by atoms with Crippen LogP contribution in [0.15, 0.2) is 77.0 Å². The number of amides is 1. The van der Waals surface area contributed by atoms with Crippen molar-refractivity contribution in [2.24, 2.45) is 16.0 Å². The van der Waals surface area contributed by atoms with Gasteiger partial charge in [-0.2, -0.15) is 10.2 Å². The maximum Gasteiger partial charge on any atom is 0.339 e. The third-order valence-corrected chi connectivity index (χ3v) is 5.54. The van der Waals surface area contributed by atoms with Crippen LogP contribution in [0.4, 0.5) is 11.4 Å². The van der Waals surface area contributed by atoms with Gasteiger partial charge >= 0.3 is 17.9 Å². The summed E-state index contributed by atoms with van der Waals surface area (Å²) in [7, 11) is 0. The fraction of sp³-hybridized carbons (Fsp3) is 0.185. The molecule has 0 saturated heterocycles. The van der Waals surface area contributed by atoms with Gasteiger partial charge in [0.2, 0.25) is 0 Å². The van der Waals surface area contributed by atoms with Gasteiger partial charge in [0.15, 0.2) is 0 Å². The van der Waals surface area contributed by atoms with Gasteiger partial charge < -0.3 is 31.5 Å². The number of azo groups is 1. The molecule has 0 saturated carbocycles. The van der Waals surface area contributed by atoms with Gasteiger partial charge in [-0.15, -0.1) is 0 Å². The Morgan fingerprint density at radius 1 is 0.850 bits per heavy atom. The van der Waals surface area contributed by atoms with Crippen LogP contribution in [0.5, 0.6) is 5.75 Å². The monoisotopic (exact) mass is 570 g/mol. The van der Waals surface area contributed by atoms with E-state index in [1.165, 1.54) is 42.5 Å². The molecule has 40 heavy (non-hydrogen) atoms. The largest absolute Gasteiger partial charge is 0.507 e. The molecule has 3 aromatic carbocycles. The zero-order chi connectivity index (χ0) is 29.7. The summed E-state index contributed by atoms with van der Waals surface area (Å²) < 4.78 is 0. The normalized spacial score (nSPS) is 11.2. The van der Waals surface area contributed by atoms with E-state index in [1.54, 1.807) is 12.1 Å². The molecule has 0 aliphatic rings. The van der Waals surface area contributed by atoms with Gasteiger partial charge in [-0.05, 0) is 66.7 Å². The molecule has 0 aliphatic heterocycles. The van der Waals surface area contributed by atoms with Gasteiger partial charge in [0.1, 0.15) is 11.3 Å². The van der Waals surface area contributed by atoms with E-state index in [9.17, 15) is 24.3 Å². The topological polar surface area (TPSA) is 212 Å². The SMILES string of the molecule is NCC(CC(=O)O)c1ccc(Cl)cc1.O=C(O)CCNC(=O)c1ccc(/N=N/c2ccc(O)c(C(=O)O)c2)cc1. The molecule has 0 radical (unpaired) electrons. The summed E-state index contributed by atoms with van der Waals surface area (Å²) in [5, 5.41) is 46.5. The molecule has 0 aliphatic carbocycles. The van der Waals surface area contributed by atoms with E-state index in [4.69, 9.17) is 32.7 Å². The van der Waals surface area contributed by atoms with Gasteiger partial charge in [0.25, 0.3) is 5.91 Å². The number of hydrogen-bond donors (Lipinski definition) is 6. The molecule has 3 rings (SSSR count). The molecule has 0 spiro atoms. The summed E-state index contributed by atoms with van der Waals surface area (Å²) in [4.78, 5) is 43.7. The maximum atomic E-state index is 11.8. The molecule has 1 atom stereocenters. The number of hydrogen-bond acceptors (Lipinski definition) is 8. The molecule has 0 fully saturated rings. The molecule has 1 amide bonds.